The molecule has 1 fully saturated rings. The van der Waals surface area contributed by atoms with E-state index in [1.807, 2.05) is 15.2 Å². The highest BCUT2D eigenvalue weighted by Crippen LogP contribution is 2.29. The molecule has 7 heteroatoms. The highest BCUT2D eigenvalue weighted by Gasteiger charge is 2.18. The minimum atomic E-state index is -1.02. The maximum absolute atomic E-state index is 12.7. The van der Waals surface area contributed by atoms with Crippen molar-refractivity contribution in [1.29, 1.82) is 0 Å². The molecule has 1 aliphatic rings. The minimum Gasteiger partial charge on any atom is -0.381 e. The molecule has 0 radical (unpaired) electrons. The predicted molar refractivity (Wildman–Crippen MR) is 172 cm³/mol. The van der Waals surface area contributed by atoms with Crippen LogP contribution in [0.2, 0.25) is 0 Å². The smallest absolute Gasteiger partial charge is 0.0989 e. The first-order chi connectivity index (χ1) is 19.9. The summed E-state index contributed by atoms with van der Waals surface area (Å²) in [6, 6.07) is 17.0. The monoisotopic (exact) mass is 572 g/mol. The zero-order valence-corrected chi connectivity index (χ0v) is 26.0. The molecule has 6 nitrogen and oxygen atoms in total. The number of benzene rings is 2. The van der Waals surface area contributed by atoms with Crippen molar-refractivity contribution < 1.29 is 8.95 Å². The Balaban J connectivity index is 1.53. The quantitative estimate of drug-likeness (QED) is 0.238. The van der Waals surface area contributed by atoms with Crippen molar-refractivity contribution in [2.75, 3.05) is 26.3 Å². The summed E-state index contributed by atoms with van der Waals surface area (Å²) in [6.07, 6.45) is 10.6. The number of aromatic nitrogens is 2. The van der Waals surface area contributed by atoms with Gasteiger partial charge in [-0.05, 0) is 62.9 Å². The maximum Gasteiger partial charge on any atom is 0.0989 e. The van der Waals surface area contributed by atoms with Crippen LogP contribution in [0.3, 0.4) is 0 Å². The van der Waals surface area contributed by atoms with E-state index in [2.05, 4.69) is 107 Å². The average Bonchev–Trinajstić information content (AvgIpc) is 3.40. The van der Waals surface area contributed by atoms with Gasteiger partial charge in [0.1, 0.15) is 0 Å². The Morgan fingerprint density at radius 2 is 1.73 bits per heavy atom. The second-order valence-corrected chi connectivity index (χ2v) is 11.9. The highest BCUT2D eigenvalue weighted by atomic mass is 32.2. The van der Waals surface area contributed by atoms with Crippen molar-refractivity contribution in [2.24, 2.45) is 0 Å². The van der Waals surface area contributed by atoms with Crippen LogP contribution in [0.1, 0.15) is 68.5 Å². The lowest BCUT2D eigenvalue weighted by Gasteiger charge is -2.25. The van der Waals surface area contributed by atoms with Crippen molar-refractivity contribution in [3.63, 3.8) is 0 Å². The third kappa shape index (κ3) is 8.15. The summed E-state index contributed by atoms with van der Waals surface area (Å²) in [5.74, 6) is 0.538. The Kier molecular flexibility index (Phi) is 11.3. The van der Waals surface area contributed by atoms with Crippen molar-refractivity contribution in [2.45, 2.75) is 59.8 Å². The molecule has 1 atom stereocenters. The van der Waals surface area contributed by atoms with Crippen LogP contribution in [-0.4, -0.2) is 44.6 Å². The van der Waals surface area contributed by atoms with Gasteiger partial charge in [-0.2, -0.15) is 5.10 Å². The van der Waals surface area contributed by atoms with Gasteiger partial charge in [-0.3, -0.25) is 0 Å². The van der Waals surface area contributed by atoms with Gasteiger partial charge in [-0.1, -0.05) is 73.5 Å². The van der Waals surface area contributed by atoms with Crippen LogP contribution in [0.15, 0.2) is 78.1 Å². The fourth-order valence-electron chi connectivity index (χ4n) is 4.80. The van der Waals surface area contributed by atoms with Gasteiger partial charge in [-0.15, -0.1) is 0 Å². The lowest BCUT2D eigenvalue weighted by molar-refractivity contribution is 0.0751. The molecule has 0 saturated carbocycles. The van der Waals surface area contributed by atoms with Gasteiger partial charge in [0.25, 0.3) is 0 Å². The van der Waals surface area contributed by atoms with Crippen LogP contribution in [0.4, 0.5) is 0 Å². The van der Waals surface area contributed by atoms with Gasteiger partial charge < -0.3 is 10.1 Å². The lowest BCUT2D eigenvalue weighted by atomic mass is 10.00. The van der Waals surface area contributed by atoms with Crippen molar-refractivity contribution >= 4 is 22.6 Å². The van der Waals surface area contributed by atoms with E-state index < -0.39 is 11.0 Å². The van der Waals surface area contributed by atoms with E-state index in [9.17, 15) is 4.21 Å². The van der Waals surface area contributed by atoms with Gasteiger partial charge >= 0.3 is 0 Å². The molecule has 1 saturated heterocycles. The molecule has 0 bridgehead atoms. The van der Waals surface area contributed by atoms with Gasteiger partial charge in [0.2, 0.25) is 0 Å². The molecule has 3 aromatic rings. The summed E-state index contributed by atoms with van der Waals surface area (Å²) < 4.78 is 22.2. The summed E-state index contributed by atoms with van der Waals surface area (Å²) in [5.41, 5.74) is 10.3. The summed E-state index contributed by atoms with van der Waals surface area (Å²) in [4.78, 5) is 0. The molecular weight excluding hydrogens is 528 g/mol. The van der Waals surface area contributed by atoms with Gasteiger partial charge in [0, 0.05) is 36.5 Å². The van der Waals surface area contributed by atoms with E-state index in [0.29, 0.717) is 25.5 Å². The van der Waals surface area contributed by atoms with E-state index in [1.54, 1.807) is 0 Å². The van der Waals surface area contributed by atoms with Crippen molar-refractivity contribution in [1.82, 2.24) is 19.4 Å². The number of nitrogens with zero attached hydrogens (tertiary/aromatic N) is 3. The highest BCUT2D eigenvalue weighted by molar-refractivity contribution is 7.81. The maximum atomic E-state index is 12.7. The Morgan fingerprint density at radius 3 is 2.37 bits per heavy atom. The van der Waals surface area contributed by atoms with Gasteiger partial charge in [0.15, 0.2) is 0 Å². The number of allylic oxidation sites excluding steroid dienone is 4. The van der Waals surface area contributed by atoms with E-state index in [1.165, 1.54) is 16.7 Å². The van der Waals surface area contributed by atoms with Crippen LogP contribution in [-0.2, 0) is 28.0 Å². The number of hydrogen-bond acceptors (Lipinski definition) is 4. The molecule has 0 aliphatic carbocycles. The second kappa shape index (κ2) is 15.1. The minimum absolute atomic E-state index is 0.538. The number of hydrogen-bond donors (Lipinski definition) is 1. The zero-order chi connectivity index (χ0) is 29.2. The third-order valence-corrected chi connectivity index (χ3v) is 8.88. The van der Waals surface area contributed by atoms with Crippen LogP contribution in [0.25, 0.3) is 17.3 Å². The van der Waals surface area contributed by atoms with Gasteiger partial charge in [-0.25, -0.2) is 13.2 Å². The topological polar surface area (TPSA) is 59.4 Å². The Hall–Kier alpha value is -3.26. The van der Waals surface area contributed by atoms with E-state index >= 15 is 0 Å². The molecule has 218 valence electrons. The van der Waals surface area contributed by atoms with Crippen LogP contribution in [0, 0.1) is 6.92 Å². The summed E-state index contributed by atoms with van der Waals surface area (Å²) in [5, 5.41) is 8.54. The third-order valence-electron chi connectivity index (χ3n) is 7.36. The normalized spacial score (nSPS) is 16.2. The Morgan fingerprint density at radius 1 is 1.05 bits per heavy atom. The molecule has 0 spiro atoms. The van der Waals surface area contributed by atoms with Crippen LogP contribution < -0.4 is 5.32 Å². The Labute approximate surface area is 248 Å². The first-order valence-corrected chi connectivity index (χ1v) is 15.9. The van der Waals surface area contributed by atoms with E-state index in [4.69, 9.17) is 9.84 Å². The molecule has 1 N–H and O–H groups in total. The summed E-state index contributed by atoms with van der Waals surface area (Å²) in [7, 11) is -1.02. The molecule has 1 aromatic heterocycles. The molecule has 0 amide bonds. The standard InChI is InChI=1S/C34H44N4O2S/c1-6-9-33(35-23-28-12-14-29(15-13-28)25-41(39)37-18-20-40-21-19-37)31(8-3)32-24-36-38(34(32)22-26(4)7-2)30-16-10-27(5)11-17-30/h8-17,22,24,35H,6-7,18-21,23,25H2,1-5H3/b26-22+,31-8+,33-9+. The molecule has 1 aliphatic heterocycles. The number of nitrogens with one attached hydrogen (secondary N) is 1. The average molecular weight is 573 g/mol. The number of rotatable bonds is 12. The summed E-state index contributed by atoms with van der Waals surface area (Å²) >= 11 is 0. The molecular formula is C34H44N4O2S. The first kappa shape index (κ1) is 30.7. The molecule has 1 unspecified atom stereocenters. The van der Waals surface area contributed by atoms with E-state index in [-0.39, 0.29) is 0 Å². The fraction of sp³-hybridized carbons (Fsp3) is 0.382. The zero-order valence-electron chi connectivity index (χ0n) is 25.2. The number of morpholine rings is 1. The first-order valence-electron chi connectivity index (χ1n) is 14.7. The molecule has 4 rings (SSSR count). The van der Waals surface area contributed by atoms with Crippen molar-refractivity contribution in [3.8, 4) is 5.69 Å². The van der Waals surface area contributed by atoms with E-state index in [0.717, 1.165) is 59.7 Å². The summed E-state index contributed by atoms with van der Waals surface area (Å²) in [6.45, 7) is 14.2. The molecule has 2 heterocycles. The molecule has 2 aromatic carbocycles. The lowest BCUT2D eigenvalue weighted by Crippen LogP contribution is -2.37. The van der Waals surface area contributed by atoms with Crippen LogP contribution >= 0.6 is 0 Å². The Bertz CT molecular complexity index is 1400. The largest absolute Gasteiger partial charge is 0.381 e. The molecule has 41 heavy (non-hydrogen) atoms. The van der Waals surface area contributed by atoms with Crippen molar-refractivity contribution in [3.05, 3.63) is 106 Å². The van der Waals surface area contributed by atoms with Crippen LogP contribution in [0.5, 0.6) is 0 Å². The number of ether oxygens (including phenoxy) is 1. The fourth-order valence-corrected chi connectivity index (χ4v) is 6.02. The second-order valence-electron chi connectivity index (χ2n) is 10.4. The SMILES string of the molecule is C/C=C(/C(=C\CC)NCc1ccc(CS(=O)N2CCOCC2)cc1)c1cnn(-c2ccc(C)cc2)c1/C=C(\C)CC. The van der Waals surface area contributed by atoms with Gasteiger partial charge in [0.05, 0.1) is 47.5 Å². The predicted octanol–water partition coefficient (Wildman–Crippen LogP) is 6.98. The number of aryl methyl sites for hydroxylation is 1.